The topological polar surface area (TPSA) is 66.3 Å². The van der Waals surface area contributed by atoms with Crippen LogP contribution in [0.1, 0.15) is 23.7 Å². The van der Waals surface area contributed by atoms with Gasteiger partial charge in [0.15, 0.2) is 0 Å². The van der Waals surface area contributed by atoms with Crippen molar-refractivity contribution in [2.45, 2.75) is 13.3 Å². The second-order valence-corrected chi connectivity index (χ2v) is 3.83. The molecule has 6 nitrogen and oxygen atoms in total. The van der Waals surface area contributed by atoms with Crippen LogP contribution in [0.25, 0.3) is 0 Å². The lowest BCUT2D eigenvalue weighted by Gasteiger charge is -2.07. The minimum atomic E-state index is -0.322. The molecular weight excluding hydrogens is 232 g/mol. The Hall–Kier alpha value is -1.95. The molecule has 1 aromatic rings. The number of hydroxylamine groups is 1. The SMILES string of the molecule is CCCONC(=O)c1ccccc1N=NN(C)C. The summed E-state index contributed by atoms with van der Waals surface area (Å²) in [4.78, 5) is 16.8. The molecular formula is C12H18N4O2. The normalized spacial score (nSPS) is 10.6. The van der Waals surface area contributed by atoms with Crippen LogP contribution in [0.15, 0.2) is 34.6 Å². The predicted octanol–water partition coefficient (Wildman–Crippen LogP) is 2.32. The minimum absolute atomic E-state index is 0.322. The highest BCUT2D eigenvalue weighted by molar-refractivity contribution is 5.98. The first kappa shape index (κ1) is 14.1. The fraction of sp³-hybridized carbons (Fsp3) is 0.417. The molecule has 1 rings (SSSR count). The number of hydrogen-bond acceptors (Lipinski definition) is 4. The predicted molar refractivity (Wildman–Crippen MR) is 68.4 cm³/mol. The van der Waals surface area contributed by atoms with Crippen LogP contribution in [0.4, 0.5) is 5.69 Å². The number of nitrogens with one attached hydrogen (secondary N) is 1. The van der Waals surface area contributed by atoms with Crippen LogP contribution < -0.4 is 5.48 Å². The van der Waals surface area contributed by atoms with Crippen LogP contribution in [0.3, 0.4) is 0 Å². The van der Waals surface area contributed by atoms with E-state index in [1.807, 2.05) is 6.92 Å². The second-order valence-electron chi connectivity index (χ2n) is 3.83. The van der Waals surface area contributed by atoms with Crippen molar-refractivity contribution in [2.24, 2.45) is 10.3 Å². The number of carbonyl (C=O) groups excluding carboxylic acids is 1. The average molecular weight is 250 g/mol. The van der Waals surface area contributed by atoms with Crippen LogP contribution in [0.2, 0.25) is 0 Å². The molecule has 0 atom stereocenters. The van der Waals surface area contributed by atoms with Crippen molar-refractivity contribution in [1.29, 1.82) is 0 Å². The van der Waals surface area contributed by atoms with E-state index in [-0.39, 0.29) is 5.91 Å². The maximum atomic E-state index is 11.8. The summed E-state index contributed by atoms with van der Waals surface area (Å²) >= 11 is 0. The van der Waals surface area contributed by atoms with Gasteiger partial charge in [0.1, 0.15) is 5.69 Å². The summed E-state index contributed by atoms with van der Waals surface area (Å²) in [5.74, 6) is -0.322. The van der Waals surface area contributed by atoms with Crippen molar-refractivity contribution >= 4 is 11.6 Å². The molecule has 1 aromatic carbocycles. The fourth-order valence-corrected chi connectivity index (χ4v) is 1.16. The second kappa shape index (κ2) is 7.39. The van der Waals surface area contributed by atoms with Gasteiger partial charge in [-0.05, 0) is 18.6 Å². The van der Waals surface area contributed by atoms with E-state index in [2.05, 4.69) is 15.8 Å². The molecule has 18 heavy (non-hydrogen) atoms. The maximum Gasteiger partial charge on any atom is 0.277 e. The highest BCUT2D eigenvalue weighted by Crippen LogP contribution is 2.19. The Kier molecular flexibility index (Phi) is 5.79. The van der Waals surface area contributed by atoms with Crippen molar-refractivity contribution in [2.75, 3.05) is 20.7 Å². The number of benzene rings is 1. The Balaban J connectivity index is 2.78. The zero-order valence-electron chi connectivity index (χ0n) is 10.9. The molecule has 0 unspecified atom stereocenters. The highest BCUT2D eigenvalue weighted by atomic mass is 16.6. The van der Waals surface area contributed by atoms with Crippen LogP contribution in [-0.4, -0.2) is 31.6 Å². The third-order valence-corrected chi connectivity index (χ3v) is 1.95. The van der Waals surface area contributed by atoms with Crippen LogP contribution in [0, 0.1) is 0 Å². The van der Waals surface area contributed by atoms with E-state index < -0.39 is 0 Å². The molecule has 0 heterocycles. The number of nitrogens with zero attached hydrogens (tertiary/aromatic N) is 3. The summed E-state index contributed by atoms with van der Waals surface area (Å²) in [6, 6.07) is 6.97. The van der Waals surface area contributed by atoms with Gasteiger partial charge in [-0.2, -0.15) is 0 Å². The lowest BCUT2D eigenvalue weighted by Crippen LogP contribution is -2.24. The van der Waals surface area contributed by atoms with Crippen molar-refractivity contribution < 1.29 is 9.63 Å². The number of carbonyl (C=O) groups is 1. The van der Waals surface area contributed by atoms with Crippen molar-refractivity contribution in [3.05, 3.63) is 29.8 Å². The van der Waals surface area contributed by atoms with Gasteiger partial charge >= 0.3 is 0 Å². The standard InChI is InChI=1S/C12H18N4O2/c1-4-9-18-14-12(17)10-7-5-6-8-11(10)13-15-16(2)3/h5-8H,4,9H2,1-3H3,(H,14,17). The maximum absolute atomic E-state index is 11.8. The third kappa shape index (κ3) is 4.50. The van der Waals surface area contributed by atoms with E-state index in [0.29, 0.717) is 17.9 Å². The van der Waals surface area contributed by atoms with Crippen LogP contribution >= 0.6 is 0 Å². The van der Waals surface area contributed by atoms with Gasteiger partial charge in [-0.1, -0.05) is 24.3 Å². The average Bonchev–Trinajstić information content (AvgIpc) is 2.37. The molecule has 1 N–H and O–H groups in total. The molecule has 1 amide bonds. The van der Waals surface area contributed by atoms with Gasteiger partial charge in [0.05, 0.1) is 12.2 Å². The first-order valence-electron chi connectivity index (χ1n) is 5.75. The lowest BCUT2D eigenvalue weighted by molar-refractivity contribution is 0.0315. The Labute approximate surface area is 107 Å². The Morgan fingerprint density at radius 2 is 2.11 bits per heavy atom. The molecule has 0 aliphatic carbocycles. The summed E-state index contributed by atoms with van der Waals surface area (Å²) in [6.07, 6.45) is 0.836. The van der Waals surface area contributed by atoms with E-state index in [9.17, 15) is 4.79 Å². The molecule has 0 aliphatic heterocycles. The van der Waals surface area contributed by atoms with Gasteiger partial charge in [0.25, 0.3) is 5.91 Å². The smallest absolute Gasteiger partial charge is 0.277 e. The van der Waals surface area contributed by atoms with E-state index >= 15 is 0 Å². The van der Waals surface area contributed by atoms with Crippen LogP contribution in [-0.2, 0) is 4.84 Å². The molecule has 0 aromatic heterocycles. The molecule has 0 spiro atoms. The Bertz CT molecular complexity index is 418. The number of rotatable bonds is 6. The van der Waals surface area contributed by atoms with E-state index in [4.69, 9.17) is 4.84 Å². The summed E-state index contributed by atoms with van der Waals surface area (Å²) < 4.78 is 0. The van der Waals surface area contributed by atoms with E-state index in [0.717, 1.165) is 6.42 Å². The zero-order valence-corrected chi connectivity index (χ0v) is 10.9. The van der Waals surface area contributed by atoms with Gasteiger partial charge in [-0.15, -0.1) is 5.11 Å². The molecule has 0 bridgehead atoms. The largest absolute Gasteiger partial charge is 0.285 e. The van der Waals surface area contributed by atoms with E-state index in [1.165, 1.54) is 0 Å². The first-order chi connectivity index (χ1) is 8.65. The van der Waals surface area contributed by atoms with Crippen molar-refractivity contribution in [3.8, 4) is 0 Å². The quantitative estimate of drug-likeness (QED) is 0.478. The molecule has 0 radical (unpaired) electrons. The summed E-state index contributed by atoms with van der Waals surface area (Å²) in [7, 11) is 3.52. The Morgan fingerprint density at radius 3 is 2.78 bits per heavy atom. The van der Waals surface area contributed by atoms with Gasteiger partial charge in [-0.3, -0.25) is 14.6 Å². The summed E-state index contributed by atoms with van der Waals surface area (Å²) in [6.45, 7) is 2.44. The van der Waals surface area contributed by atoms with E-state index in [1.54, 1.807) is 43.4 Å². The Morgan fingerprint density at radius 1 is 1.39 bits per heavy atom. The summed E-state index contributed by atoms with van der Waals surface area (Å²) in [5.41, 5.74) is 3.31. The monoisotopic (exact) mass is 250 g/mol. The molecule has 6 heteroatoms. The van der Waals surface area contributed by atoms with Crippen LogP contribution in [0.5, 0.6) is 0 Å². The highest BCUT2D eigenvalue weighted by Gasteiger charge is 2.10. The van der Waals surface area contributed by atoms with Gasteiger partial charge in [-0.25, -0.2) is 5.48 Å². The van der Waals surface area contributed by atoms with Gasteiger partial charge in [0.2, 0.25) is 0 Å². The number of hydrogen-bond donors (Lipinski definition) is 1. The summed E-state index contributed by atoms with van der Waals surface area (Å²) in [5, 5.41) is 9.42. The first-order valence-corrected chi connectivity index (χ1v) is 5.75. The van der Waals surface area contributed by atoms with Crippen molar-refractivity contribution in [1.82, 2.24) is 10.5 Å². The number of amides is 1. The van der Waals surface area contributed by atoms with Gasteiger partial charge in [0, 0.05) is 14.1 Å². The minimum Gasteiger partial charge on any atom is -0.285 e. The van der Waals surface area contributed by atoms with Crippen molar-refractivity contribution in [3.63, 3.8) is 0 Å². The lowest BCUT2D eigenvalue weighted by atomic mass is 10.2. The molecule has 98 valence electrons. The fourth-order valence-electron chi connectivity index (χ4n) is 1.16. The molecule has 0 saturated carbocycles. The third-order valence-electron chi connectivity index (χ3n) is 1.95. The zero-order chi connectivity index (χ0) is 13.4. The molecule has 0 fully saturated rings. The molecule has 0 aliphatic rings. The van der Waals surface area contributed by atoms with Gasteiger partial charge < -0.3 is 0 Å². The molecule has 0 saturated heterocycles.